The molecular weight excluding hydrogens is 696 g/mol. The van der Waals surface area contributed by atoms with E-state index in [1.165, 1.54) is 18.2 Å². The van der Waals surface area contributed by atoms with Crippen molar-refractivity contribution in [1.29, 1.82) is 0 Å². The lowest BCUT2D eigenvalue weighted by Gasteiger charge is -2.22. The molecule has 2 aliphatic rings. The monoisotopic (exact) mass is 732 g/mol. The second-order valence-corrected chi connectivity index (χ2v) is 15.5. The van der Waals surface area contributed by atoms with Crippen molar-refractivity contribution in [3.05, 3.63) is 129 Å². The first-order chi connectivity index (χ1) is 23.4. The second-order valence-electron chi connectivity index (χ2n) is 13.5. The number of allylic oxidation sites excluding steroid dienone is 7. The first-order valence-electron chi connectivity index (χ1n) is 16.0. The van der Waals surface area contributed by atoms with E-state index in [0.29, 0.717) is 29.7 Å². The van der Waals surface area contributed by atoms with Gasteiger partial charge in [0.2, 0.25) is 5.91 Å². The Labute approximate surface area is 293 Å². The van der Waals surface area contributed by atoms with Crippen LogP contribution in [0, 0.1) is 5.92 Å². The summed E-state index contributed by atoms with van der Waals surface area (Å²) < 4.78 is 91.6. The molecule has 1 heterocycles. The zero-order valence-corrected chi connectivity index (χ0v) is 29.1. The van der Waals surface area contributed by atoms with Crippen molar-refractivity contribution in [2.45, 2.75) is 63.2 Å². The largest absolute Gasteiger partial charge is 0.416 e. The smallest absolute Gasteiger partial charge is 0.360 e. The van der Waals surface area contributed by atoms with Gasteiger partial charge in [-0.05, 0) is 53.2 Å². The number of rotatable bonds is 10. The van der Waals surface area contributed by atoms with Crippen molar-refractivity contribution in [3.8, 4) is 0 Å². The molecule has 7 nitrogen and oxygen atoms in total. The van der Waals surface area contributed by atoms with Crippen LogP contribution in [0.2, 0.25) is 5.02 Å². The number of hydrogen-bond donors (Lipinski definition) is 2. The van der Waals surface area contributed by atoms with E-state index in [1.807, 2.05) is 36.4 Å². The number of nitrogens with zero attached hydrogens (tertiary/aromatic N) is 1. The molecule has 0 bridgehead atoms. The Morgan fingerprint density at radius 2 is 1.76 bits per heavy atom. The molecule has 1 amide bonds. The third-order valence-corrected chi connectivity index (χ3v) is 9.83. The number of alkyl halides is 4. The summed E-state index contributed by atoms with van der Waals surface area (Å²) >= 11 is 6.24. The predicted molar refractivity (Wildman–Crippen MR) is 184 cm³/mol. The Bertz CT molecular complexity index is 1960. The molecule has 50 heavy (non-hydrogen) atoms. The molecule has 0 radical (unpaired) electrons. The van der Waals surface area contributed by atoms with Gasteiger partial charge in [0.05, 0.1) is 28.8 Å². The summed E-state index contributed by atoms with van der Waals surface area (Å²) in [5, 5.41) is 6.77. The molecule has 0 saturated carbocycles. The van der Waals surface area contributed by atoms with Crippen LogP contribution >= 0.6 is 11.6 Å². The average Bonchev–Trinajstić information content (AvgIpc) is 3.52. The minimum atomic E-state index is -4.56. The number of amides is 1. The molecule has 2 aromatic carbocycles. The van der Waals surface area contributed by atoms with Crippen molar-refractivity contribution >= 4 is 33.2 Å². The van der Waals surface area contributed by atoms with Gasteiger partial charge < -0.3 is 9.84 Å². The Morgan fingerprint density at radius 3 is 2.36 bits per heavy atom. The van der Waals surface area contributed by atoms with E-state index in [-0.39, 0.29) is 34.6 Å². The Morgan fingerprint density at radius 1 is 1.06 bits per heavy atom. The van der Waals surface area contributed by atoms with Crippen molar-refractivity contribution in [2.75, 3.05) is 12.3 Å². The van der Waals surface area contributed by atoms with Crippen molar-refractivity contribution in [1.82, 2.24) is 10.5 Å². The molecule has 0 spiro atoms. The summed E-state index contributed by atoms with van der Waals surface area (Å²) in [5.74, 6) is -2.43. The molecule has 1 aromatic heterocycles. The van der Waals surface area contributed by atoms with Gasteiger partial charge in [-0.3, -0.25) is 9.35 Å². The summed E-state index contributed by atoms with van der Waals surface area (Å²) in [6.07, 6.45) is 4.68. The van der Waals surface area contributed by atoms with Gasteiger partial charge in [-0.2, -0.15) is 21.6 Å². The predicted octanol–water partition coefficient (Wildman–Crippen LogP) is 8.75. The highest BCUT2D eigenvalue weighted by atomic mass is 35.5. The van der Waals surface area contributed by atoms with Crippen molar-refractivity contribution in [3.63, 3.8) is 0 Å². The number of nitrogens with one attached hydrogen (secondary N) is 1. The van der Waals surface area contributed by atoms with Crippen LogP contribution in [0.4, 0.5) is 17.6 Å². The lowest BCUT2D eigenvalue weighted by Crippen LogP contribution is -2.33. The highest BCUT2D eigenvalue weighted by molar-refractivity contribution is 7.85. The van der Waals surface area contributed by atoms with Crippen LogP contribution in [0.15, 0.2) is 95.1 Å². The summed E-state index contributed by atoms with van der Waals surface area (Å²) in [6.45, 7) is 6.14. The maximum absolute atomic E-state index is 15.3. The molecule has 0 fully saturated rings. The molecule has 3 aromatic rings. The van der Waals surface area contributed by atoms with Gasteiger partial charge in [0, 0.05) is 29.1 Å². The fraction of sp³-hybridized carbons (Fsp3) is 0.351. The lowest BCUT2D eigenvalue weighted by molar-refractivity contribution is -0.137. The van der Waals surface area contributed by atoms with E-state index in [2.05, 4.69) is 31.2 Å². The topological polar surface area (TPSA) is 110 Å². The molecular formula is C37H37ClF4N2O5S. The first kappa shape index (κ1) is 37.3. The standard InChI is InChI=1S/C37H37ClF4N2O5S/c1-36(2,3)26-11-8-23(9-12-26)29(18-22-4-6-24(7-5-22)35(45)43-16-17-50(46,47)48)33-21-34(49-44-33)30-19-25(10-15-32(30)39)28-14-13-27(20-31(28)38)37(40,41)42/h4-6,8-15,19-21,24,29-30,32H,7,16-18H2,1-3H3,(H,43,45)(H,46,47,48). The van der Waals surface area contributed by atoms with Crippen molar-refractivity contribution < 1.29 is 39.8 Å². The first-order valence-corrected chi connectivity index (χ1v) is 18.0. The van der Waals surface area contributed by atoms with Crippen LogP contribution in [0.3, 0.4) is 0 Å². The highest BCUT2D eigenvalue weighted by Crippen LogP contribution is 2.40. The number of aromatic nitrogens is 1. The third kappa shape index (κ3) is 9.21. The minimum Gasteiger partial charge on any atom is -0.360 e. The number of hydrogen-bond acceptors (Lipinski definition) is 5. The number of halogens is 5. The van der Waals surface area contributed by atoms with E-state index in [1.54, 1.807) is 18.2 Å². The van der Waals surface area contributed by atoms with E-state index in [0.717, 1.165) is 28.8 Å². The lowest BCUT2D eigenvalue weighted by atomic mass is 9.82. The summed E-state index contributed by atoms with van der Waals surface area (Å²) in [5.41, 5.74) is 3.35. The normalized spacial score (nSPS) is 20.3. The minimum absolute atomic E-state index is 0.0781. The number of carbonyl (C=O) groups is 1. The molecule has 4 unspecified atom stereocenters. The van der Waals surface area contributed by atoms with Gasteiger partial charge in [-0.1, -0.05) is 104 Å². The van der Waals surface area contributed by atoms with Crippen molar-refractivity contribution in [2.24, 2.45) is 5.92 Å². The SMILES string of the molecule is CC(C)(C)c1ccc(C(CC2=CCC(C(=O)NCCS(=O)(=O)O)C=C2)c2cc(C3C=C(c4ccc(C(F)(F)F)cc4Cl)C=CC3F)on2)cc1. The van der Waals surface area contributed by atoms with Crippen LogP contribution in [0.1, 0.15) is 79.2 Å². The van der Waals surface area contributed by atoms with Gasteiger partial charge in [0.15, 0.2) is 0 Å². The third-order valence-electron chi connectivity index (χ3n) is 8.79. The molecule has 4 atom stereocenters. The maximum Gasteiger partial charge on any atom is 0.416 e. The average molecular weight is 733 g/mol. The van der Waals surface area contributed by atoms with Gasteiger partial charge in [0.25, 0.3) is 10.1 Å². The van der Waals surface area contributed by atoms with Gasteiger partial charge >= 0.3 is 6.18 Å². The summed E-state index contributed by atoms with van der Waals surface area (Å²) in [4.78, 5) is 12.6. The molecule has 0 aliphatic heterocycles. The second kappa shape index (κ2) is 14.7. The fourth-order valence-electron chi connectivity index (χ4n) is 5.91. The zero-order chi connectivity index (χ0) is 36.4. The Hall–Kier alpha value is -4.00. The maximum atomic E-state index is 15.3. The van der Waals surface area contributed by atoms with Crippen LogP contribution in [0.25, 0.3) is 5.57 Å². The summed E-state index contributed by atoms with van der Waals surface area (Å²) in [7, 11) is -4.19. The van der Waals surface area contributed by atoms with Crippen LogP contribution in [-0.2, 0) is 26.5 Å². The van der Waals surface area contributed by atoms with Gasteiger partial charge in [0.1, 0.15) is 11.9 Å². The molecule has 266 valence electrons. The highest BCUT2D eigenvalue weighted by Gasteiger charge is 2.33. The molecule has 0 saturated heterocycles. The van der Waals surface area contributed by atoms with Crippen LogP contribution in [-0.4, -0.2) is 42.5 Å². The summed E-state index contributed by atoms with van der Waals surface area (Å²) in [6, 6.07) is 12.9. The fourth-order valence-corrected chi connectivity index (χ4v) is 6.56. The van der Waals surface area contributed by atoms with Crippen LogP contribution < -0.4 is 5.32 Å². The molecule has 5 rings (SSSR count). The molecule has 2 N–H and O–H groups in total. The Balaban J connectivity index is 1.40. The zero-order valence-electron chi connectivity index (χ0n) is 27.5. The quantitative estimate of drug-likeness (QED) is 0.159. The van der Waals surface area contributed by atoms with Crippen LogP contribution in [0.5, 0.6) is 0 Å². The van der Waals surface area contributed by atoms with Gasteiger partial charge in [-0.25, -0.2) is 4.39 Å². The van der Waals surface area contributed by atoms with E-state index >= 15 is 4.39 Å². The van der Waals surface area contributed by atoms with Gasteiger partial charge in [-0.15, -0.1) is 0 Å². The Kier molecular flexibility index (Phi) is 10.9. The van der Waals surface area contributed by atoms with E-state index in [4.69, 9.17) is 20.7 Å². The number of benzene rings is 2. The molecule has 13 heteroatoms. The van der Waals surface area contributed by atoms with E-state index < -0.39 is 45.6 Å². The van der Waals surface area contributed by atoms with E-state index in [9.17, 15) is 26.4 Å². The molecule has 2 aliphatic carbocycles. The number of carbonyl (C=O) groups excluding carboxylic acids is 1.